The topological polar surface area (TPSA) is 36.1 Å². The Balaban J connectivity index is 0.00000169. The zero-order valence-electron chi connectivity index (χ0n) is 7.70. The van der Waals surface area contributed by atoms with Crippen LogP contribution in [-0.2, 0) is 19.0 Å². The Morgan fingerprint density at radius 3 is 2.50 bits per heavy atom. The number of rotatable bonds is 2. The normalized spacial score (nSPS) is 10.1. The molecule has 0 N–H and O–H groups in total. The van der Waals surface area contributed by atoms with Crippen LogP contribution in [0.4, 0.5) is 4.39 Å². The van der Waals surface area contributed by atoms with E-state index >= 15 is 0 Å². The van der Waals surface area contributed by atoms with Crippen molar-refractivity contribution in [2.24, 2.45) is 4.99 Å². The van der Waals surface area contributed by atoms with Crippen molar-refractivity contribution in [1.82, 2.24) is 0 Å². The maximum absolute atomic E-state index is 12.5. The minimum Gasteiger partial charge on any atom is -0.763 e. The second kappa shape index (κ2) is 6.91. The van der Waals surface area contributed by atoms with Gasteiger partial charge in [0.25, 0.3) is 0 Å². The first-order valence-electron chi connectivity index (χ1n) is 3.59. The first kappa shape index (κ1) is 13.5. The van der Waals surface area contributed by atoms with Crippen LogP contribution >= 0.6 is 0 Å². The quantitative estimate of drug-likeness (QED) is 0.205. The summed E-state index contributed by atoms with van der Waals surface area (Å²) in [4.78, 5) is 3.39. The maximum atomic E-state index is 12.5. The van der Waals surface area contributed by atoms with Gasteiger partial charge in [-0.05, 0) is 24.1 Å². The van der Waals surface area contributed by atoms with Gasteiger partial charge in [0.1, 0.15) is 5.82 Å². The van der Waals surface area contributed by atoms with E-state index < -0.39 is 0 Å². The van der Waals surface area contributed by atoms with Gasteiger partial charge in [-0.15, -0.1) is 0 Å². The summed E-state index contributed by atoms with van der Waals surface area (Å²) >= 11 is 4.79. The fraction of sp³-hybridized carbons (Fsp3) is 0.111. The van der Waals surface area contributed by atoms with Gasteiger partial charge in [-0.25, -0.2) is 9.38 Å². The van der Waals surface area contributed by atoms with Crippen LogP contribution in [0, 0.1) is 17.3 Å². The summed E-state index contributed by atoms with van der Waals surface area (Å²) in [6.07, 6.45) is 2.01. The molecule has 0 saturated carbocycles. The van der Waals surface area contributed by atoms with Crippen molar-refractivity contribution >= 4 is 17.7 Å². The van der Waals surface area contributed by atoms with E-state index in [1.165, 1.54) is 12.1 Å². The van der Waals surface area contributed by atoms with E-state index in [1.807, 2.05) is 0 Å². The largest absolute Gasteiger partial charge is 1.00 e. The van der Waals surface area contributed by atoms with E-state index in [1.54, 1.807) is 18.3 Å². The average molecular weight is 216 g/mol. The molecule has 0 aliphatic rings. The fourth-order valence-electron chi connectivity index (χ4n) is 0.872. The molecule has 0 aliphatic heterocycles. The van der Waals surface area contributed by atoms with Crippen molar-refractivity contribution < 1.29 is 33.9 Å². The second-order valence-corrected chi connectivity index (χ2v) is 2.88. The SMILES string of the molecule is N#CN=C([S-])Cc1ccc(F)cc1.[Na+]. The summed E-state index contributed by atoms with van der Waals surface area (Å²) in [5, 5.41) is 8.51. The number of halogens is 1. The van der Waals surface area contributed by atoms with E-state index in [2.05, 4.69) is 4.99 Å². The molecule has 66 valence electrons. The molecule has 14 heavy (non-hydrogen) atoms. The summed E-state index contributed by atoms with van der Waals surface area (Å²) in [5.74, 6) is -0.285. The molecule has 0 amide bonds. The molecule has 0 aromatic heterocycles. The van der Waals surface area contributed by atoms with E-state index in [0.717, 1.165) is 5.56 Å². The molecule has 0 aliphatic carbocycles. The monoisotopic (exact) mass is 216 g/mol. The number of hydrogen-bond donors (Lipinski definition) is 0. The van der Waals surface area contributed by atoms with Crippen molar-refractivity contribution in [3.05, 3.63) is 35.6 Å². The van der Waals surface area contributed by atoms with Gasteiger partial charge in [0, 0.05) is 0 Å². The smallest absolute Gasteiger partial charge is 0.763 e. The number of benzene rings is 1. The summed E-state index contributed by atoms with van der Waals surface area (Å²) in [6, 6.07) is 5.94. The van der Waals surface area contributed by atoms with Crippen LogP contribution in [0.25, 0.3) is 0 Å². The molecule has 1 aromatic carbocycles. The second-order valence-electron chi connectivity index (χ2n) is 2.41. The molecule has 0 radical (unpaired) electrons. The van der Waals surface area contributed by atoms with Gasteiger partial charge in [-0.2, -0.15) is 5.26 Å². The Hall–Kier alpha value is -0.470. The average Bonchev–Trinajstić information content (AvgIpc) is 2.09. The standard InChI is InChI=1S/C9H7FN2S.Na/c10-8-3-1-7(2-4-8)5-9(13)12-6-11;/h1-4H,5H2,(H,12,13);/q;+1/p-1. The first-order chi connectivity index (χ1) is 6.22. The zero-order valence-corrected chi connectivity index (χ0v) is 10.5. The molecule has 0 saturated heterocycles. The Kier molecular flexibility index (Phi) is 6.67. The number of aliphatic imine (C=N–C) groups is 1. The molecule has 0 heterocycles. The molecular weight excluding hydrogens is 210 g/mol. The molecule has 0 atom stereocenters. The minimum atomic E-state index is -0.285. The van der Waals surface area contributed by atoms with Crippen LogP contribution in [0.2, 0.25) is 0 Å². The first-order valence-corrected chi connectivity index (χ1v) is 4.00. The van der Waals surface area contributed by atoms with Gasteiger partial charge >= 0.3 is 29.6 Å². The minimum absolute atomic E-state index is 0. The van der Waals surface area contributed by atoms with Crippen LogP contribution in [0.5, 0.6) is 0 Å². The summed E-state index contributed by atoms with van der Waals surface area (Å²) in [6.45, 7) is 0. The summed E-state index contributed by atoms with van der Waals surface area (Å²) in [5.41, 5.74) is 0.852. The third-order valence-corrected chi connectivity index (χ3v) is 1.68. The number of hydrogen-bond acceptors (Lipinski definition) is 3. The summed E-state index contributed by atoms with van der Waals surface area (Å²) < 4.78 is 12.5. The third kappa shape index (κ3) is 4.68. The van der Waals surface area contributed by atoms with E-state index in [9.17, 15) is 4.39 Å². The van der Waals surface area contributed by atoms with E-state index in [4.69, 9.17) is 17.9 Å². The van der Waals surface area contributed by atoms with Crippen LogP contribution in [0.1, 0.15) is 5.56 Å². The van der Waals surface area contributed by atoms with Gasteiger partial charge < -0.3 is 12.6 Å². The zero-order chi connectivity index (χ0) is 9.68. The van der Waals surface area contributed by atoms with Crippen LogP contribution < -0.4 is 29.6 Å². The summed E-state index contributed by atoms with van der Waals surface area (Å²) in [7, 11) is 0. The molecule has 1 rings (SSSR count). The van der Waals surface area contributed by atoms with Crippen LogP contribution in [0.15, 0.2) is 29.3 Å². The van der Waals surface area contributed by atoms with Gasteiger partial charge in [-0.1, -0.05) is 17.2 Å². The third-order valence-electron chi connectivity index (χ3n) is 1.44. The van der Waals surface area contributed by atoms with Crippen molar-refractivity contribution in [2.45, 2.75) is 6.42 Å². The molecule has 0 fully saturated rings. The van der Waals surface area contributed by atoms with Crippen molar-refractivity contribution in [2.75, 3.05) is 0 Å². The molecule has 2 nitrogen and oxygen atoms in total. The molecule has 0 unspecified atom stereocenters. The Bertz CT molecular complexity index is 356. The van der Waals surface area contributed by atoms with E-state index in [-0.39, 0.29) is 35.4 Å². The number of nitrogens with zero attached hydrogens (tertiary/aromatic N) is 2. The van der Waals surface area contributed by atoms with Gasteiger partial charge in [-0.3, -0.25) is 0 Å². The Morgan fingerprint density at radius 2 is 2.00 bits per heavy atom. The van der Waals surface area contributed by atoms with Crippen molar-refractivity contribution in [1.29, 1.82) is 5.26 Å². The molecule has 0 spiro atoms. The van der Waals surface area contributed by atoms with E-state index in [0.29, 0.717) is 11.5 Å². The van der Waals surface area contributed by atoms with Crippen molar-refractivity contribution in [3.8, 4) is 6.19 Å². The van der Waals surface area contributed by atoms with Crippen LogP contribution in [-0.4, -0.2) is 5.04 Å². The molecule has 0 bridgehead atoms. The fourth-order valence-corrected chi connectivity index (χ4v) is 1.08. The van der Waals surface area contributed by atoms with Gasteiger partial charge in [0.15, 0.2) is 0 Å². The predicted molar refractivity (Wildman–Crippen MR) is 50.5 cm³/mol. The van der Waals surface area contributed by atoms with Gasteiger partial charge in [0.05, 0.1) is 0 Å². The molecular formula is C9H6FN2NaS. The molecule has 5 heteroatoms. The molecule has 1 aromatic rings. The maximum Gasteiger partial charge on any atom is 1.00 e. The Labute approximate surface area is 110 Å². The van der Waals surface area contributed by atoms with Crippen LogP contribution in [0.3, 0.4) is 0 Å². The predicted octanol–water partition coefficient (Wildman–Crippen LogP) is -1.20. The van der Waals surface area contributed by atoms with Gasteiger partial charge in [0.2, 0.25) is 6.19 Å². The number of nitriles is 1. The Morgan fingerprint density at radius 1 is 1.43 bits per heavy atom. The van der Waals surface area contributed by atoms with Crippen molar-refractivity contribution in [3.63, 3.8) is 0 Å².